The lowest BCUT2D eigenvalue weighted by Gasteiger charge is -2.32. The van der Waals surface area contributed by atoms with Crippen molar-refractivity contribution in [2.45, 2.75) is 44.2 Å². The minimum absolute atomic E-state index is 0.584. The highest BCUT2D eigenvalue weighted by molar-refractivity contribution is 5.05. The molecular weight excluding hydrogens is 150 g/mol. The van der Waals surface area contributed by atoms with Gasteiger partial charge in [-0.3, -0.25) is 0 Å². The molecule has 1 aliphatic heterocycles. The van der Waals surface area contributed by atoms with Crippen LogP contribution in [-0.4, -0.2) is 25.3 Å². The Labute approximate surface area is 73.7 Å². The van der Waals surface area contributed by atoms with E-state index in [-0.39, 0.29) is 0 Å². The van der Waals surface area contributed by atoms with Crippen LogP contribution in [0.3, 0.4) is 0 Å². The van der Waals surface area contributed by atoms with E-state index in [1.165, 1.54) is 32.1 Å². The first-order chi connectivity index (χ1) is 5.89. The van der Waals surface area contributed by atoms with E-state index >= 15 is 0 Å². The van der Waals surface area contributed by atoms with Crippen molar-refractivity contribution in [3.05, 3.63) is 0 Å². The van der Waals surface area contributed by atoms with E-state index in [0.29, 0.717) is 5.41 Å². The van der Waals surface area contributed by atoms with Gasteiger partial charge in [0.1, 0.15) is 0 Å². The Hall–Kier alpha value is -0.0800. The fourth-order valence-electron chi connectivity index (χ4n) is 2.33. The van der Waals surface area contributed by atoms with Crippen LogP contribution in [0.4, 0.5) is 0 Å². The first-order valence-corrected chi connectivity index (χ1v) is 5.23. The highest BCUT2D eigenvalue weighted by Crippen LogP contribution is 2.52. The Balaban J connectivity index is 1.64. The fourth-order valence-corrected chi connectivity index (χ4v) is 2.33. The van der Waals surface area contributed by atoms with Crippen LogP contribution in [0, 0.1) is 5.41 Å². The molecule has 1 saturated heterocycles. The van der Waals surface area contributed by atoms with Crippen molar-refractivity contribution in [2.24, 2.45) is 5.41 Å². The average molecular weight is 167 g/mol. The highest BCUT2D eigenvalue weighted by Gasteiger charge is 2.51. The predicted molar refractivity (Wildman–Crippen MR) is 47.0 cm³/mol. The SMILES string of the molecule is C1CC(NC2CC2)C2(CC2)CO1. The molecule has 2 aliphatic carbocycles. The van der Waals surface area contributed by atoms with Crippen molar-refractivity contribution in [2.75, 3.05) is 13.2 Å². The van der Waals surface area contributed by atoms with Gasteiger partial charge >= 0.3 is 0 Å². The number of rotatable bonds is 2. The molecule has 2 heteroatoms. The van der Waals surface area contributed by atoms with Crippen molar-refractivity contribution in [1.29, 1.82) is 0 Å². The molecule has 1 unspecified atom stereocenters. The zero-order valence-electron chi connectivity index (χ0n) is 7.51. The van der Waals surface area contributed by atoms with Crippen molar-refractivity contribution in [3.63, 3.8) is 0 Å². The summed E-state index contributed by atoms with van der Waals surface area (Å²) in [4.78, 5) is 0. The van der Waals surface area contributed by atoms with E-state index in [2.05, 4.69) is 5.32 Å². The normalized spacial score (nSPS) is 38.5. The zero-order chi connectivity index (χ0) is 8.02. The van der Waals surface area contributed by atoms with Gasteiger partial charge in [-0.05, 0) is 32.1 Å². The van der Waals surface area contributed by atoms with Crippen molar-refractivity contribution < 1.29 is 4.74 Å². The number of ether oxygens (including phenoxy) is 1. The van der Waals surface area contributed by atoms with Gasteiger partial charge in [-0.25, -0.2) is 0 Å². The van der Waals surface area contributed by atoms with Gasteiger partial charge in [-0.15, -0.1) is 0 Å². The van der Waals surface area contributed by atoms with Gasteiger partial charge in [-0.1, -0.05) is 0 Å². The third-order valence-electron chi connectivity index (χ3n) is 3.59. The second-order valence-corrected chi connectivity index (χ2v) is 4.70. The molecule has 0 aromatic rings. The van der Waals surface area contributed by atoms with Crippen LogP contribution < -0.4 is 5.32 Å². The number of nitrogens with one attached hydrogen (secondary N) is 1. The van der Waals surface area contributed by atoms with Crippen molar-refractivity contribution >= 4 is 0 Å². The summed E-state index contributed by atoms with van der Waals surface area (Å²) in [5, 5.41) is 3.77. The Morgan fingerprint density at radius 2 is 2.00 bits per heavy atom. The second kappa shape index (κ2) is 2.46. The summed E-state index contributed by atoms with van der Waals surface area (Å²) in [6.07, 6.45) is 6.87. The molecule has 12 heavy (non-hydrogen) atoms. The van der Waals surface area contributed by atoms with Gasteiger partial charge in [0.2, 0.25) is 0 Å². The van der Waals surface area contributed by atoms with Crippen LogP contribution in [-0.2, 0) is 4.74 Å². The molecule has 1 heterocycles. The molecule has 0 bridgehead atoms. The van der Waals surface area contributed by atoms with Crippen molar-refractivity contribution in [3.8, 4) is 0 Å². The van der Waals surface area contributed by atoms with Gasteiger partial charge in [0, 0.05) is 24.1 Å². The highest BCUT2D eigenvalue weighted by atomic mass is 16.5. The molecular formula is C10H17NO. The summed E-state index contributed by atoms with van der Waals surface area (Å²) < 4.78 is 5.54. The summed E-state index contributed by atoms with van der Waals surface area (Å²) in [7, 11) is 0. The third kappa shape index (κ3) is 1.17. The monoisotopic (exact) mass is 167 g/mol. The van der Waals surface area contributed by atoms with E-state index in [0.717, 1.165) is 25.3 Å². The Morgan fingerprint density at radius 3 is 2.67 bits per heavy atom. The first kappa shape index (κ1) is 7.34. The van der Waals surface area contributed by atoms with Crippen LogP contribution in [0.2, 0.25) is 0 Å². The molecule has 1 spiro atoms. The molecule has 3 aliphatic rings. The molecule has 1 N–H and O–H groups in total. The van der Waals surface area contributed by atoms with E-state index in [4.69, 9.17) is 4.74 Å². The predicted octanol–water partition coefficient (Wildman–Crippen LogP) is 1.31. The Bertz CT molecular complexity index is 184. The lowest BCUT2D eigenvalue weighted by Crippen LogP contribution is -2.45. The second-order valence-electron chi connectivity index (χ2n) is 4.70. The van der Waals surface area contributed by atoms with Crippen LogP contribution in [0.1, 0.15) is 32.1 Å². The molecule has 1 atom stereocenters. The summed E-state index contributed by atoms with van der Waals surface area (Å²) in [5.41, 5.74) is 0.584. The van der Waals surface area contributed by atoms with Gasteiger partial charge in [0.05, 0.1) is 6.61 Å². The van der Waals surface area contributed by atoms with Gasteiger partial charge in [-0.2, -0.15) is 0 Å². The fraction of sp³-hybridized carbons (Fsp3) is 1.00. The molecule has 2 saturated carbocycles. The van der Waals surface area contributed by atoms with E-state index < -0.39 is 0 Å². The molecule has 0 radical (unpaired) electrons. The van der Waals surface area contributed by atoms with Crippen LogP contribution in [0.25, 0.3) is 0 Å². The third-order valence-corrected chi connectivity index (χ3v) is 3.59. The maximum absolute atomic E-state index is 5.54. The summed E-state index contributed by atoms with van der Waals surface area (Å²) in [6.45, 7) is 2.00. The molecule has 0 aromatic carbocycles. The number of hydrogen-bond donors (Lipinski definition) is 1. The topological polar surface area (TPSA) is 21.3 Å². The molecule has 0 amide bonds. The Morgan fingerprint density at radius 1 is 1.17 bits per heavy atom. The standard InChI is InChI=1S/C10H17NO/c1-2-8(1)11-9-3-6-12-7-10(9)4-5-10/h8-9,11H,1-7H2. The zero-order valence-corrected chi connectivity index (χ0v) is 7.51. The first-order valence-electron chi connectivity index (χ1n) is 5.23. The largest absolute Gasteiger partial charge is 0.381 e. The van der Waals surface area contributed by atoms with Gasteiger partial charge in [0.15, 0.2) is 0 Å². The van der Waals surface area contributed by atoms with E-state index in [1.807, 2.05) is 0 Å². The van der Waals surface area contributed by atoms with Crippen molar-refractivity contribution in [1.82, 2.24) is 5.32 Å². The molecule has 0 aromatic heterocycles. The van der Waals surface area contributed by atoms with Gasteiger partial charge in [0.25, 0.3) is 0 Å². The smallest absolute Gasteiger partial charge is 0.0537 e. The van der Waals surface area contributed by atoms with E-state index in [9.17, 15) is 0 Å². The Kier molecular flexibility index (Phi) is 1.50. The average Bonchev–Trinajstić information content (AvgIpc) is 2.90. The summed E-state index contributed by atoms with van der Waals surface area (Å²) in [6, 6.07) is 1.66. The van der Waals surface area contributed by atoms with Crippen LogP contribution >= 0.6 is 0 Å². The van der Waals surface area contributed by atoms with Gasteiger partial charge < -0.3 is 10.1 Å². The molecule has 3 fully saturated rings. The molecule has 2 nitrogen and oxygen atoms in total. The quantitative estimate of drug-likeness (QED) is 0.669. The van der Waals surface area contributed by atoms with Crippen LogP contribution in [0.5, 0.6) is 0 Å². The maximum Gasteiger partial charge on any atom is 0.0537 e. The lowest BCUT2D eigenvalue weighted by atomic mass is 9.92. The minimum Gasteiger partial charge on any atom is -0.381 e. The maximum atomic E-state index is 5.54. The molecule has 3 rings (SSSR count). The molecule has 68 valence electrons. The van der Waals surface area contributed by atoms with E-state index in [1.54, 1.807) is 0 Å². The summed E-state index contributed by atoms with van der Waals surface area (Å²) >= 11 is 0. The minimum atomic E-state index is 0.584. The lowest BCUT2D eigenvalue weighted by molar-refractivity contribution is 0.0190. The summed E-state index contributed by atoms with van der Waals surface area (Å²) in [5.74, 6) is 0. The number of hydrogen-bond acceptors (Lipinski definition) is 2. The van der Waals surface area contributed by atoms with Crippen LogP contribution in [0.15, 0.2) is 0 Å².